The average molecular weight is 227 g/mol. The van der Waals surface area contributed by atoms with E-state index in [2.05, 4.69) is 24.4 Å². The molecular weight excluding hydrogens is 210 g/mol. The number of fused-ring (bicyclic) bond motifs is 1. The molecule has 88 valence electrons. The van der Waals surface area contributed by atoms with Crippen LogP contribution in [0.1, 0.15) is 38.2 Å². The number of amides is 1. The Hall–Kier alpha value is -1.57. The van der Waals surface area contributed by atoms with E-state index in [1.165, 1.54) is 18.4 Å². The van der Waals surface area contributed by atoms with E-state index in [0.717, 1.165) is 24.1 Å². The van der Waals surface area contributed by atoms with Gasteiger partial charge >= 0.3 is 0 Å². The van der Waals surface area contributed by atoms with Crippen molar-refractivity contribution in [3.05, 3.63) is 41.5 Å². The Morgan fingerprint density at radius 1 is 1.24 bits per heavy atom. The lowest BCUT2D eigenvalue weighted by Crippen LogP contribution is -2.33. The predicted octanol–water partition coefficient (Wildman–Crippen LogP) is 3.40. The molecule has 1 N–H and O–H groups in total. The number of carbonyl (C=O) groups is 1. The van der Waals surface area contributed by atoms with E-state index in [4.69, 9.17) is 0 Å². The van der Waals surface area contributed by atoms with Gasteiger partial charge in [-0.3, -0.25) is 4.79 Å². The van der Waals surface area contributed by atoms with Gasteiger partial charge in [-0.25, -0.2) is 0 Å². The fraction of sp³-hybridized carbons (Fsp3) is 0.400. The molecule has 1 aliphatic heterocycles. The Balaban J connectivity index is 2.12. The first-order valence-corrected chi connectivity index (χ1v) is 6.33. The van der Waals surface area contributed by atoms with E-state index in [1.807, 2.05) is 18.2 Å². The highest BCUT2D eigenvalue weighted by atomic mass is 16.2. The number of allylic oxidation sites excluding steroid dienone is 1. The van der Waals surface area contributed by atoms with Crippen LogP contribution in [0.4, 0.5) is 5.69 Å². The molecule has 0 bridgehead atoms. The predicted molar refractivity (Wildman–Crippen MR) is 69.0 cm³/mol. The van der Waals surface area contributed by atoms with E-state index < -0.39 is 5.41 Å². The normalized spacial score (nSPS) is 27.4. The second-order valence-corrected chi connectivity index (χ2v) is 5.10. The molecule has 1 heterocycles. The summed E-state index contributed by atoms with van der Waals surface area (Å²) >= 11 is 0. The van der Waals surface area contributed by atoms with Crippen molar-refractivity contribution in [2.24, 2.45) is 0 Å². The lowest BCUT2D eigenvalue weighted by atomic mass is 9.73. The Morgan fingerprint density at radius 2 is 2.06 bits per heavy atom. The zero-order valence-electron chi connectivity index (χ0n) is 10.1. The number of benzene rings is 1. The highest BCUT2D eigenvalue weighted by Crippen LogP contribution is 2.45. The van der Waals surface area contributed by atoms with Gasteiger partial charge < -0.3 is 5.32 Å². The Bertz CT molecular complexity index is 503. The summed E-state index contributed by atoms with van der Waals surface area (Å²) in [6.45, 7) is 2.06. The molecule has 3 rings (SSSR count). The van der Waals surface area contributed by atoms with E-state index in [9.17, 15) is 4.79 Å². The number of anilines is 1. The summed E-state index contributed by atoms with van der Waals surface area (Å²) in [4.78, 5) is 12.3. The van der Waals surface area contributed by atoms with Crippen LogP contribution in [-0.2, 0) is 10.2 Å². The van der Waals surface area contributed by atoms with E-state index >= 15 is 0 Å². The summed E-state index contributed by atoms with van der Waals surface area (Å²) in [6, 6.07) is 8.05. The Morgan fingerprint density at radius 3 is 2.82 bits per heavy atom. The van der Waals surface area contributed by atoms with Gasteiger partial charge in [0.15, 0.2) is 0 Å². The minimum Gasteiger partial charge on any atom is -0.325 e. The molecule has 2 nitrogen and oxygen atoms in total. The first-order valence-electron chi connectivity index (χ1n) is 6.33. The van der Waals surface area contributed by atoms with E-state index in [0.29, 0.717) is 0 Å². The second-order valence-electron chi connectivity index (χ2n) is 5.10. The number of nitrogens with one attached hydrogen (secondary N) is 1. The molecule has 1 aliphatic carbocycles. The third kappa shape index (κ3) is 1.43. The molecule has 0 radical (unpaired) electrons. The molecular formula is C15H17NO. The summed E-state index contributed by atoms with van der Waals surface area (Å²) in [7, 11) is 0. The van der Waals surface area contributed by atoms with Crippen molar-refractivity contribution in [3.63, 3.8) is 0 Å². The number of carbonyl (C=O) groups excluding carboxylic acids is 1. The largest absolute Gasteiger partial charge is 0.325 e. The van der Waals surface area contributed by atoms with Gasteiger partial charge in [-0.1, -0.05) is 29.8 Å². The van der Waals surface area contributed by atoms with Crippen LogP contribution in [0.15, 0.2) is 35.9 Å². The number of rotatable bonds is 1. The van der Waals surface area contributed by atoms with Gasteiger partial charge in [-0.2, -0.15) is 0 Å². The lowest BCUT2D eigenvalue weighted by molar-refractivity contribution is -0.119. The first-order chi connectivity index (χ1) is 8.23. The van der Waals surface area contributed by atoms with Crippen molar-refractivity contribution in [3.8, 4) is 0 Å². The summed E-state index contributed by atoms with van der Waals surface area (Å²) < 4.78 is 0. The molecule has 0 aromatic heterocycles. The van der Waals surface area contributed by atoms with Crippen LogP contribution in [0.2, 0.25) is 0 Å². The average Bonchev–Trinajstić information content (AvgIpc) is 2.64. The van der Waals surface area contributed by atoms with Crippen LogP contribution in [-0.4, -0.2) is 5.91 Å². The second kappa shape index (κ2) is 3.73. The molecule has 17 heavy (non-hydrogen) atoms. The van der Waals surface area contributed by atoms with Crippen LogP contribution >= 0.6 is 0 Å². The van der Waals surface area contributed by atoms with Gasteiger partial charge in [0.1, 0.15) is 0 Å². The molecule has 0 saturated carbocycles. The highest BCUT2D eigenvalue weighted by Gasteiger charge is 2.45. The fourth-order valence-electron chi connectivity index (χ4n) is 3.01. The van der Waals surface area contributed by atoms with Crippen LogP contribution < -0.4 is 5.32 Å². The maximum Gasteiger partial charge on any atom is 0.238 e. The van der Waals surface area contributed by atoms with Crippen molar-refractivity contribution >= 4 is 11.6 Å². The molecule has 0 fully saturated rings. The lowest BCUT2D eigenvalue weighted by Gasteiger charge is -2.28. The van der Waals surface area contributed by atoms with Crippen LogP contribution in [0.5, 0.6) is 0 Å². The smallest absolute Gasteiger partial charge is 0.238 e. The van der Waals surface area contributed by atoms with Gasteiger partial charge in [0, 0.05) is 5.69 Å². The Kier molecular flexibility index (Phi) is 2.32. The van der Waals surface area contributed by atoms with Crippen molar-refractivity contribution in [2.75, 3.05) is 5.32 Å². The number of hydrogen-bond acceptors (Lipinski definition) is 1. The molecule has 1 unspecified atom stereocenters. The zero-order valence-corrected chi connectivity index (χ0v) is 10.1. The maximum absolute atomic E-state index is 12.3. The molecule has 2 heteroatoms. The van der Waals surface area contributed by atoms with Crippen LogP contribution in [0.25, 0.3) is 0 Å². The monoisotopic (exact) mass is 227 g/mol. The summed E-state index contributed by atoms with van der Waals surface area (Å²) in [6.07, 6.45) is 6.89. The molecule has 2 aliphatic rings. The highest BCUT2D eigenvalue weighted by molar-refractivity contribution is 6.08. The summed E-state index contributed by atoms with van der Waals surface area (Å²) in [5, 5.41) is 3.01. The molecule has 0 spiro atoms. The van der Waals surface area contributed by atoms with Gasteiger partial charge in [-0.05, 0) is 44.2 Å². The summed E-state index contributed by atoms with van der Waals surface area (Å²) in [5.74, 6) is 0.131. The van der Waals surface area contributed by atoms with Crippen molar-refractivity contribution in [1.82, 2.24) is 0 Å². The third-order valence-electron chi connectivity index (χ3n) is 4.10. The van der Waals surface area contributed by atoms with Gasteiger partial charge in [0.05, 0.1) is 5.41 Å². The minimum absolute atomic E-state index is 0.131. The standard InChI is InChI=1S/C15H17NO/c1-15(11-7-3-2-4-8-11)12-9-5-6-10-13(12)16-14(15)17/h5-7,9-10H,2-4,8H2,1H3,(H,16,17). The van der Waals surface area contributed by atoms with Gasteiger partial charge in [-0.15, -0.1) is 0 Å². The SMILES string of the molecule is CC1(C2=CCCCC2)C(=O)Nc2ccccc21. The minimum atomic E-state index is -0.434. The van der Waals surface area contributed by atoms with E-state index in [-0.39, 0.29) is 5.91 Å². The molecule has 1 aromatic rings. The quantitative estimate of drug-likeness (QED) is 0.732. The number of hydrogen-bond donors (Lipinski definition) is 1. The molecule has 1 atom stereocenters. The van der Waals surface area contributed by atoms with Crippen LogP contribution in [0, 0.1) is 0 Å². The third-order valence-corrected chi connectivity index (χ3v) is 4.10. The Labute approximate surface area is 102 Å². The first kappa shape index (κ1) is 10.6. The molecule has 0 saturated heterocycles. The zero-order chi connectivity index (χ0) is 11.9. The van der Waals surface area contributed by atoms with Gasteiger partial charge in [0.25, 0.3) is 0 Å². The van der Waals surface area contributed by atoms with Crippen molar-refractivity contribution in [1.29, 1.82) is 0 Å². The molecule has 1 aromatic carbocycles. The van der Waals surface area contributed by atoms with Crippen LogP contribution in [0.3, 0.4) is 0 Å². The fourth-order valence-corrected chi connectivity index (χ4v) is 3.01. The topological polar surface area (TPSA) is 29.1 Å². The van der Waals surface area contributed by atoms with Crippen molar-refractivity contribution < 1.29 is 4.79 Å². The van der Waals surface area contributed by atoms with Crippen molar-refractivity contribution in [2.45, 2.75) is 38.0 Å². The molecule has 1 amide bonds. The number of para-hydroxylation sites is 1. The van der Waals surface area contributed by atoms with Gasteiger partial charge in [0.2, 0.25) is 5.91 Å². The van der Waals surface area contributed by atoms with E-state index in [1.54, 1.807) is 0 Å². The maximum atomic E-state index is 12.3. The summed E-state index contributed by atoms with van der Waals surface area (Å²) in [5.41, 5.74) is 2.98.